The van der Waals surface area contributed by atoms with Crippen LogP contribution < -0.4 is 16.6 Å². The van der Waals surface area contributed by atoms with Crippen molar-refractivity contribution < 1.29 is 0 Å². The largest absolute Gasteiger partial charge is 0.339 e. The number of nitrogens with one attached hydrogen (secondary N) is 2. The lowest BCUT2D eigenvalue weighted by molar-refractivity contribution is 0.920. The van der Waals surface area contributed by atoms with Crippen LogP contribution in [0.5, 0.6) is 0 Å². The highest BCUT2D eigenvalue weighted by molar-refractivity contribution is 9.10. The molecule has 0 unspecified atom stereocenters. The van der Waals surface area contributed by atoms with Crippen LogP contribution in [0.25, 0.3) is 0 Å². The van der Waals surface area contributed by atoms with Gasteiger partial charge in [0.05, 0.1) is 5.69 Å². The normalized spacial score (nSPS) is 14.1. The summed E-state index contributed by atoms with van der Waals surface area (Å²) in [6.45, 7) is 1.93. The third-order valence-electron chi connectivity index (χ3n) is 3.43. The molecule has 7 heteroatoms. The summed E-state index contributed by atoms with van der Waals surface area (Å²) in [7, 11) is 0. The van der Waals surface area contributed by atoms with Crippen LogP contribution in [0.4, 0.5) is 17.3 Å². The van der Waals surface area contributed by atoms with Crippen LogP contribution in [-0.4, -0.2) is 9.97 Å². The Morgan fingerprint density at radius 1 is 1.29 bits per heavy atom. The minimum absolute atomic E-state index is 0.451. The van der Waals surface area contributed by atoms with Gasteiger partial charge in [-0.3, -0.25) is 0 Å². The lowest BCUT2D eigenvalue weighted by Gasteiger charge is -2.14. The van der Waals surface area contributed by atoms with Crippen molar-refractivity contribution in [2.75, 3.05) is 10.7 Å². The summed E-state index contributed by atoms with van der Waals surface area (Å²) < 4.78 is 0.878. The molecule has 110 valence electrons. The van der Waals surface area contributed by atoms with E-state index in [1.807, 2.05) is 25.1 Å². The number of rotatable bonds is 4. The molecule has 1 saturated carbocycles. The van der Waals surface area contributed by atoms with Crippen LogP contribution >= 0.6 is 27.5 Å². The fourth-order valence-electron chi connectivity index (χ4n) is 2.04. The molecule has 2 aromatic rings. The number of hydrazine groups is 1. The zero-order valence-corrected chi connectivity index (χ0v) is 13.8. The van der Waals surface area contributed by atoms with Crippen LogP contribution in [0.2, 0.25) is 5.02 Å². The molecule has 0 saturated heterocycles. The Balaban J connectivity index is 1.98. The second-order valence-electron chi connectivity index (χ2n) is 5.07. The molecule has 4 N–H and O–H groups in total. The van der Waals surface area contributed by atoms with Gasteiger partial charge in [-0.2, -0.15) is 0 Å². The molecular weight excluding hydrogens is 354 g/mol. The SMILES string of the molecule is Cc1c(NN)nc(C2CC2)nc1Nc1ccc(Cl)cc1Br. The molecule has 1 aliphatic rings. The fraction of sp³-hybridized carbons (Fsp3) is 0.286. The van der Waals surface area contributed by atoms with E-state index in [1.165, 1.54) is 0 Å². The standard InChI is InChI=1S/C14H15BrClN5/c1-7-12(18-11-5-4-9(16)6-10(11)15)19-14(8-2-3-8)20-13(7)21-17/h4-6,8H,2-3,17H2,1H3,(H2,18,19,20,21). The number of anilines is 3. The van der Waals surface area contributed by atoms with E-state index in [1.54, 1.807) is 0 Å². The molecule has 0 bridgehead atoms. The van der Waals surface area contributed by atoms with Crippen LogP contribution in [0.3, 0.4) is 0 Å². The number of nitrogens with zero attached hydrogens (tertiary/aromatic N) is 2. The first-order valence-corrected chi connectivity index (χ1v) is 7.83. The number of nitrogen functional groups attached to an aromatic ring is 1. The van der Waals surface area contributed by atoms with Crippen molar-refractivity contribution in [3.05, 3.63) is 39.1 Å². The average molecular weight is 369 g/mol. The second-order valence-corrected chi connectivity index (χ2v) is 6.36. The Labute approximate surface area is 136 Å². The smallest absolute Gasteiger partial charge is 0.148 e. The van der Waals surface area contributed by atoms with Crippen LogP contribution in [0.1, 0.15) is 30.1 Å². The minimum atomic E-state index is 0.451. The third kappa shape index (κ3) is 3.12. The zero-order valence-electron chi connectivity index (χ0n) is 11.5. The number of nitrogens with two attached hydrogens (primary N) is 1. The van der Waals surface area contributed by atoms with Crippen molar-refractivity contribution in [2.45, 2.75) is 25.7 Å². The van der Waals surface area contributed by atoms with E-state index in [4.69, 9.17) is 17.4 Å². The van der Waals surface area contributed by atoms with E-state index in [0.717, 1.165) is 40.2 Å². The maximum Gasteiger partial charge on any atom is 0.148 e. The van der Waals surface area contributed by atoms with Gasteiger partial charge in [0, 0.05) is 21.0 Å². The molecule has 1 heterocycles. The number of benzene rings is 1. The lowest BCUT2D eigenvalue weighted by atomic mass is 10.2. The maximum atomic E-state index is 5.96. The van der Waals surface area contributed by atoms with Crippen molar-refractivity contribution >= 4 is 44.9 Å². The molecule has 1 fully saturated rings. The maximum absolute atomic E-state index is 5.96. The average Bonchev–Trinajstić information content (AvgIpc) is 3.28. The molecule has 21 heavy (non-hydrogen) atoms. The fourth-order valence-corrected chi connectivity index (χ4v) is 2.82. The van der Waals surface area contributed by atoms with Gasteiger partial charge in [-0.1, -0.05) is 11.6 Å². The van der Waals surface area contributed by atoms with Crippen LogP contribution in [0, 0.1) is 6.92 Å². The van der Waals surface area contributed by atoms with Crippen molar-refractivity contribution in [2.24, 2.45) is 5.84 Å². The van der Waals surface area contributed by atoms with Gasteiger partial charge >= 0.3 is 0 Å². The van der Waals surface area contributed by atoms with E-state index in [2.05, 4.69) is 36.6 Å². The molecule has 1 aromatic carbocycles. The molecule has 5 nitrogen and oxygen atoms in total. The van der Waals surface area contributed by atoms with Gasteiger partial charge in [0.15, 0.2) is 0 Å². The second kappa shape index (κ2) is 5.79. The quantitative estimate of drug-likeness (QED) is 0.559. The Morgan fingerprint density at radius 3 is 2.62 bits per heavy atom. The van der Waals surface area contributed by atoms with Gasteiger partial charge in [-0.05, 0) is 53.9 Å². The molecule has 0 spiro atoms. The van der Waals surface area contributed by atoms with Crippen molar-refractivity contribution in [1.29, 1.82) is 0 Å². The van der Waals surface area contributed by atoms with Gasteiger partial charge in [-0.25, -0.2) is 15.8 Å². The highest BCUT2D eigenvalue weighted by Gasteiger charge is 2.28. The zero-order chi connectivity index (χ0) is 15.0. The summed E-state index contributed by atoms with van der Waals surface area (Å²) in [6.07, 6.45) is 2.27. The van der Waals surface area contributed by atoms with Gasteiger partial charge in [0.25, 0.3) is 0 Å². The Bertz CT molecular complexity index is 687. The van der Waals surface area contributed by atoms with Crippen LogP contribution in [0.15, 0.2) is 22.7 Å². The topological polar surface area (TPSA) is 75.9 Å². The molecule has 1 aliphatic carbocycles. The van der Waals surface area contributed by atoms with E-state index < -0.39 is 0 Å². The summed E-state index contributed by atoms with van der Waals surface area (Å²) in [5, 5.41) is 3.99. The molecule has 0 aliphatic heterocycles. The van der Waals surface area contributed by atoms with Crippen LogP contribution in [-0.2, 0) is 0 Å². The van der Waals surface area contributed by atoms with Crippen molar-refractivity contribution in [3.63, 3.8) is 0 Å². The van der Waals surface area contributed by atoms with E-state index in [0.29, 0.717) is 16.8 Å². The first-order valence-electron chi connectivity index (χ1n) is 6.65. The highest BCUT2D eigenvalue weighted by Crippen LogP contribution is 2.40. The first-order chi connectivity index (χ1) is 10.1. The monoisotopic (exact) mass is 367 g/mol. The Morgan fingerprint density at radius 2 is 2.00 bits per heavy atom. The highest BCUT2D eigenvalue weighted by atomic mass is 79.9. The third-order valence-corrected chi connectivity index (χ3v) is 4.32. The number of aromatic nitrogens is 2. The van der Waals surface area contributed by atoms with E-state index in [-0.39, 0.29) is 0 Å². The summed E-state index contributed by atoms with van der Waals surface area (Å²) in [5.41, 5.74) is 4.42. The van der Waals surface area contributed by atoms with E-state index >= 15 is 0 Å². The molecular formula is C14H15BrClN5. The first kappa shape index (κ1) is 14.6. The van der Waals surface area contributed by atoms with E-state index in [9.17, 15) is 0 Å². The van der Waals surface area contributed by atoms with Crippen molar-refractivity contribution in [1.82, 2.24) is 9.97 Å². The Hall–Kier alpha value is -1.37. The minimum Gasteiger partial charge on any atom is -0.339 e. The molecule has 0 radical (unpaired) electrons. The number of hydrogen-bond donors (Lipinski definition) is 3. The summed E-state index contributed by atoms with van der Waals surface area (Å²) in [4.78, 5) is 9.10. The van der Waals surface area contributed by atoms with Gasteiger partial charge in [0.2, 0.25) is 0 Å². The predicted molar refractivity (Wildman–Crippen MR) is 89.0 cm³/mol. The number of halogens is 2. The van der Waals surface area contributed by atoms with Gasteiger partial charge < -0.3 is 10.7 Å². The Kier molecular flexibility index (Phi) is 4.01. The molecule has 0 atom stereocenters. The molecule has 0 amide bonds. The summed E-state index contributed by atoms with van der Waals surface area (Å²) in [5.74, 6) is 8.25. The summed E-state index contributed by atoms with van der Waals surface area (Å²) in [6, 6.07) is 5.57. The summed E-state index contributed by atoms with van der Waals surface area (Å²) >= 11 is 9.46. The molecule has 1 aromatic heterocycles. The van der Waals surface area contributed by atoms with Crippen molar-refractivity contribution in [3.8, 4) is 0 Å². The van der Waals surface area contributed by atoms with Gasteiger partial charge in [0.1, 0.15) is 17.5 Å². The lowest BCUT2D eigenvalue weighted by Crippen LogP contribution is -2.14. The van der Waals surface area contributed by atoms with Gasteiger partial charge in [-0.15, -0.1) is 0 Å². The predicted octanol–water partition coefficient (Wildman–Crippen LogP) is 4.11. The molecule has 3 rings (SSSR count). The number of hydrogen-bond acceptors (Lipinski definition) is 5.